The number of hydrogen-bond acceptors (Lipinski definition) is 4. The quantitative estimate of drug-likeness (QED) is 0.751. The van der Waals surface area contributed by atoms with Gasteiger partial charge in [-0.25, -0.2) is 9.78 Å². The zero-order chi connectivity index (χ0) is 9.97. The van der Waals surface area contributed by atoms with Gasteiger partial charge in [0, 0.05) is 6.04 Å². The van der Waals surface area contributed by atoms with Crippen molar-refractivity contribution in [2.45, 2.75) is 31.8 Å². The first-order chi connectivity index (χ1) is 6.75. The van der Waals surface area contributed by atoms with Crippen LogP contribution in [0.4, 0.5) is 0 Å². The molecule has 0 saturated heterocycles. The number of rotatable bonds is 4. The number of oxazole rings is 1. The first-order valence-corrected chi connectivity index (χ1v) is 4.67. The van der Waals surface area contributed by atoms with E-state index in [1.807, 2.05) is 0 Å². The Bertz CT molecular complexity index is 331. The van der Waals surface area contributed by atoms with Crippen LogP contribution in [-0.4, -0.2) is 22.1 Å². The van der Waals surface area contributed by atoms with E-state index in [0.29, 0.717) is 18.5 Å². The first kappa shape index (κ1) is 9.21. The Morgan fingerprint density at radius 3 is 3.00 bits per heavy atom. The molecule has 1 aromatic heterocycles. The third kappa shape index (κ3) is 1.93. The van der Waals surface area contributed by atoms with Gasteiger partial charge < -0.3 is 14.8 Å². The molecule has 5 heteroatoms. The second kappa shape index (κ2) is 3.79. The van der Waals surface area contributed by atoms with Crippen molar-refractivity contribution in [3.8, 4) is 0 Å². The summed E-state index contributed by atoms with van der Waals surface area (Å²) in [7, 11) is 0. The lowest BCUT2D eigenvalue weighted by Gasteiger charge is -2.25. The maximum Gasteiger partial charge on any atom is 0.373 e. The molecule has 0 aromatic carbocycles. The molecular weight excluding hydrogens is 184 g/mol. The van der Waals surface area contributed by atoms with Crippen LogP contribution in [0.5, 0.6) is 0 Å². The Morgan fingerprint density at radius 2 is 2.50 bits per heavy atom. The fourth-order valence-corrected chi connectivity index (χ4v) is 1.33. The van der Waals surface area contributed by atoms with Gasteiger partial charge in [-0.3, -0.25) is 0 Å². The van der Waals surface area contributed by atoms with Crippen molar-refractivity contribution in [2.24, 2.45) is 0 Å². The van der Waals surface area contributed by atoms with E-state index in [0.717, 1.165) is 0 Å². The van der Waals surface area contributed by atoms with Crippen molar-refractivity contribution in [2.75, 3.05) is 0 Å². The van der Waals surface area contributed by atoms with Gasteiger partial charge in [0.15, 0.2) is 0 Å². The molecule has 0 amide bonds. The highest BCUT2D eigenvalue weighted by Crippen LogP contribution is 2.18. The predicted octanol–water partition coefficient (Wildman–Crippen LogP) is 1.01. The Morgan fingerprint density at radius 1 is 1.71 bits per heavy atom. The van der Waals surface area contributed by atoms with Crippen LogP contribution in [0.15, 0.2) is 10.6 Å². The second-order valence-corrected chi connectivity index (χ2v) is 3.43. The predicted molar refractivity (Wildman–Crippen MR) is 47.9 cm³/mol. The molecule has 1 aromatic rings. The Balaban J connectivity index is 1.86. The number of aromatic carboxylic acids is 1. The smallest absolute Gasteiger partial charge is 0.373 e. The Labute approximate surface area is 81.1 Å². The molecule has 1 saturated carbocycles. The molecule has 0 atom stereocenters. The van der Waals surface area contributed by atoms with Crippen molar-refractivity contribution >= 4 is 5.97 Å². The van der Waals surface area contributed by atoms with Crippen molar-refractivity contribution in [3.05, 3.63) is 17.8 Å². The molecule has 1 fully saturated rings. The van der Waals surface area contributed by atoms with Crippen LogP contribution in [0.25, 0.3) is 0 Å². The highest BCUT2D eigenvalue weighted by atomic mass is 16.4. The van der Waals surface area contributed by atoms with Gasteiger partial charge in [0.1, 0.15) is 0 Å². The summed E-state index contributed by atoms with van der Waals surface area (Å²) in [4.78, 5) is 14.3. The number of nitrogens with zero attached hydrogens (tertiary/aromatic N) is 1. The minimum absolute atomic E-state index is 0.101. The molecule has 5 nitrogen and oxygen atoms in total. The molecule has 0 aliphatic heterocycles. The van der Waals surface area contributed by atoms with Crippen LogP contribution >= 0.6 is 0 Å². The van der Waals surface area contributed by atoms with Crippen molar-refractivity contribution < 1.29 is 14.3 Å². The third-order valence-electron chi connectivity index (χ3n) is 2.41. The molecule has 0 unspecified atom stereocenters. The zero-order valence-corrected chi connectivity index (χ0v) is 7.69. The number of carbonyl (C=O) groups is 1. The highest BCUT2D eigenvalue weighted by molar-refractivity contribution is 5.83. The monoisotopic (exact) mass is 196 g/mol. The van der Waals surface area contributed by atoms with Crippen molar-refractivity contribution in [1.29, 1.82) is 0 Å². The summed E-state index contributed by atoms with van der Waals surface area (Å²) < 4.78 is 4.99. The van der Waals surface area contributed by atoms with E-state index in [1.54, 1.807) is 0 Å². The molecule has 0 bridgehead atoms. The minimum Gasteiger partial charge on any atom is -0.475 e. The summed E-state index contributed by atoms with van der Waals surface area (Å²) in [6.45, 7) is 0.512. The van der Waals surface area contributed by atoms with E-state index in [2.05, 4.69) is 10.3 Å². The van der Waals surface area contributed by atoms with E-state index >= 15 is 0 Å². The number of carboxylic acid groups (broad SMARTS) is 1. The summed E-state index contributed by atoms with van der Waals surface area (Å²) in [5, 5.41) is 11.8. The van der Waals surface area contributed by atoms with Crippen LogP contribution in [0.1, 0.15) is 35.7 Å². The molecular formula is C9H12N2O3. The van der Waals surface area contributed by atoms with E-state index in [9.17, 15) is 4.79 Å². The van der Waals surface area contributed by atoms with Crippen LogP contribution in [0.2, 0.25) is 0 Å². The molecule has 1 aliphatic rings. The lowest BCUT2D eigenvalue weighted by atomic mass is 9.93. The molecule has 2 rings (SSSR count). The number of carboxylic acids is 1. The topological polar surface area (TPSA) is 75.4 Å². The van der Waals surface area contributed by atoms with Gasteiger partial charge in [-0.15, -0.1) is 0 Å². The largest absolute Gasteiger partial charge is 0.475 e. The Kier molecular flexibility index (Phi) is 2.49. The molecule has 1 heterocycles. The van der Waals surface area contributed by atoms with Gasteiger partial charge in [0.25, 0.3) is 0 Å². The summed E-state index contributed by atoms with van der Waals surface area (Å²) >= 11 is 0. The SMILES string of the molecule is O=C(O)c1cnc(CNC2CCC2)o1. The van der Waals surface area contributed by atoms with Crippen LogP contribution < -0.4 is 5.32 Å². The number of hydrogen-bond donors (Lipinski definition) is 2. The molecule has 14 heavy (non-hydrogen) atoms. The lowest BCUT2D eigenvalue weighted by molar-refractivity contribution is 0.0660. The fraction of sp³-hybridized carbons (Fsp3) is 0.556. The van der Waals surface area contributed by atoms with E-state index in [-0.39, 0.29) is 5.76 Å². The van der Waals surface area contributed by atoms with E-state index in [4.69, 9.17) is 9.52 Å². The number of aromatic nitrogens is 1. The molecule has 0 radical (unpaired) electrons. The highest BCUT2D eigenvalue weighted by Gasteiger charge is 2.17. The third-order valence-corrected chi connectivity index (χ3v) is 2.41. The van der Waals surface area contributed by atoms with Gasteiger partial charge in [0.2, 0.25) is 11.7 Å². The first-order valence-electron chi connectivity index (χ1n) is 4.67. The maximum atomic E-state index is 10.5. The normalized spacial score (nSPS) is 16.6. The van der Waals surface area contributed by atoms with Gasteiger partial charge >= 0.3 is 5.97 Å². The molecule has 0 spiro atoms. The summed E-state index contributed by atoms with van der Waals surface area (Å²) in [6.07, 6.45) is 4.88. The van der Waals surface area contributed by atoms with Gasteiger partial charge in [0.05, 0.1) is 12.7 Å². The average molecular weight is 196 g/mol. The van der Waals surface area contributed by atoms with E-state index in [1.165, 1.54) is 25.5 Å². The fourth-order valence-electron chi connectivity index (χ4n) is 1.33. The summed E-state index contributed by atoms with van der Waals surface area (Å²) in [6, 6.07) is 0.551. The van der Waals surface area contributed by atoms with Crippen LogP contribution in [-0.2, 0) is 6.54 Å². The van der Waals surface area contributed by atoms with E-state index < -0.39 is 5.97 Å². The van der Waals surface area contributed by atoms with Crippen molar-refractivity contribution in [3.63, 3.8) is 0 Å². The summed E-state index contributed by atoms with van der Waals surface area (Å²) in [5.41, 5.74) is 0. The zero-order valence-electron chi connectivity index (χ0n) is 7.69. The van der Waals surface area contributed by atoms with Crippen LogP contribution in [0.3, 0.4) is 0 Å². The van der Waals surface area contributed by atoms with Gasteiger partial charge in [-0.05, 0) is 12.8 Å². The average Bonchev–Trinajstić information content (AvgIpc) is 2.50. The molecule has 76 valence electrons. The minimum atomic E-state index is -1.08. The Hall–Kier alpha value is -1.36. The van der Waals surface area contributed by atoms with Crippen LogP contribution in [0, 0.1) is 0 Å². The summed E-state index contributed by atoms with van der Waals surface area (Å²) in [5.74, 6) is -0.739. The number of nitrogens with one attached hydrogen (secondary N) is 1. The van der Waals surface area contributed by atoms with Gasteiger partial charge in [-0.2, -0.15) is 0 Å². The second-order valence-electron chi connectivity index (χ2n) is 3.43. The molecule has 2 N–H and O–H groups in total. The van der Waals surface area contributed by atoms with Crippen molar-refractivity contribution in [1.82, 2.24) is 10.3 Å². The maximum absolute atomic E-state index is 10.5. The van der Waals surface area contributed by atoms with Gasteiger partial charge in [-0.1, -0.05) is 6.42 Å². The standard InChI is InChI=1S/C9H12N2O3/c12-9(13)7-4-11-8(14-7)5-10-6-2-1-3-6/h4,6,10H,1-3,5H2,(H,12,13). The lowest BCUT2D eigenvalue weighted by Crippen LogP contribution is -2.34. The molecule has 1 aliphatic carbocycles.